The molecule has 0 saturated carbocycles. The Morgan fingerprint density at radius 2 is 2.03 bits per heavy atom. The molecule has 0 aromatic heterocycles. The molecule has 3 rings (SSSR count). The molecule has 0 spiro atoms. The van der Waals surface area contributed by atoms with Crippen LogP contribution in [0.15, 0.2) is 64.9 Å². The molecule has 0 aliphatic carbocycles. The van der Waals surface area contributed by atoms with Gasteiger partial charge in [-0.2, -0.15) is 10.4 Å². The largest absolute Gasteiger partial charge is 0.483 e. The number of thiocarbonyl (C=S) groups is 1. The number of allylic oxidation sites excluding steroid dienone is 1. The minimum Gasteiger partial charge on any atom is -0.483 e. The number of hydrazone groups is 1. The molecule has 0 saturated heterocycles. The van der Waals surface area contributed by atoms with Crippen LogP contribution in [0.1, 0.15) is 31.0 Å². The van der Waals surface area contributed by atoms with Crippen LogP contribution in [0.4, 0.5) is 0 Å². The number of nitriles is 1. The maximum absolute atomic E-state index is 12.6. The van der Waals surface area contributed by atoms with Gasteiger partial charge in [-0.1, -0.05) is 30.3 Å². The molecule has 11 heteroatoms. The Morgan fingerprint density at radius 1 is 1.22 bits per heavy atom. The molecule has 0 bridgehead atoms. The average Bonchev–Trinajstić information content (AvgIpc) is 2.86. The highest BCUT2D eigenvalue weighted by atomic mass is 32.1. The van der Waals surface area contributed by atoms with E-state index in [4.69, 9.17) is 31.7 Å². The lowest BCUT2D eigenvalue weighted by atomic mass is 9.95. The van der Waals surface area contributed by atoms with E-state index >= 15 is 0 Å². The van der Waals surface area contributed by atoms with Crippen molar-refractivity contribution in [3.8, 4) is 17.6 Å². The maximum atomic E-state index is 12.6. The number of carbonyl (C=O) groups excluding carboxylic acids is 2. The Bertz CT molecular complexity index is 1240. The molecule has 0 radical (unpaired) electrons. The van der Waals surface area contributed by atoms with Crippen molar-refractivity contribution in [2.75, 3.05) is 19.8 Å². The fourth-order valence-corrected chi connectivity index (χ4v) is 3.68. The highest BCUT2D eigenvalue weighted by Gasteiger charge is 2.32. The van der Waals surface area contributed by atoms with Crippen molar-refractivity contribution in [1.82, 2.24) is 16.1 Å². The SMILES string of the molecule is CCOC(=O)C1=C(C)NC(=S)N[C@H]1c1ccccc1OCC(=O)NN=Cc1cccc(OCC#N)c1. The maximum Gasteiger partial charge on any atom is 0.338 e. The highest BCUT2D eigenvalue weighted by molar-refractivity contribution is 7.80. The van der Waals surface area contributed by atoms with Gasteiger partial charge in [0, 0.05) is 11.3 Å². The van der Waals surface area contributed by atoms with Crippen LogP contribution < -0.4 is 25.5 Å². The van der Waals surface area contributed by atoms with Crippen molar-refractivity contribution in [3.05, 3.63) is 70.9 Å². The minimum atomic E-state index is -0.620. The van der Waals surface area contributed by atoms with E-state index in [2.05, 4.69) is 21.2 Å². The van der Waals surface area contributed by atoms with Gasteiger partial charge in [0.05, 0.1) is 24.4 Å². The lowest BCUT2D eigenvalue weighted by Gasteiger charge is -2.30. The Morgan fingerprint density at radius 3 is 2.81 bits per heavy atom. The molecule has 10 nitrogen and oxygen atoms in total. The topological polar surface area (TPSA) is 134 Å². The number of rotatable bonds is 10. The zero-order valence-electron chi connectivity index (χ0n) is 19.7. The molecule has 3 N–H and O–H groups in total. The van der Waals surface area contributed by atoms with Gasteiger partial charge in [-0.05, 0) is 49.8 Å². The quantitative estimate of drug-likeness (QED) is 0.192. The molecule has 2 aromatic rings. The van der Waals surface area contributed by atoms with E-state index in [1.807, 2.05) is 6.07 Å². The van der Waals surface area contributed by atoms with Crippen LogP contribution in [0.25, 0.3) is 0 Å². The Balaban J connectivity index is 1.67. The van der Waals surface area contributed by atoms with Gasteiger partial charge >= 0.3 is 5.97 Å². The first kappa shape index (κ1) is 26.2. The van der Waals surface area contributed by atoms with Crippen molar-refractivity contribution in [1.29, 1.82) is 5.26 Å². The third-order valence-electron chi connectivity index (χ3n) is 4.92. The van der Waals surface area contributed by atoms with Gasteiger partial charge < -0.3 is 24.8 Å². The molecule has 1 aliphatic heterocycles. The smallest absolute Gasteiger partial charge is 0.338 e. The summed E-state index contributed by atoms with van der Waals surface area (Å²) < 4.78 is 16.2. The molecule has 1 atom stereocenters. The van der Waals surface area contributed by atoms with Crippen LogP contribution in [0.2, 0.25) is 0 Å². The number of esters is 1. The number of hydrogen-bond donors (Lipinski definition) is 3. The summed E-state index contributed by atoms with van der Waals surface area (Å²) in [6.45, 7) is 3.32. The number of nitrogens with zero attached hydrogens (tertiary/aromatic N) is 2. The first-order chi connectivity index (χ1) is 17.4. The van der Waals surface area contributed by atoms with Crippen molar-refractivity contribution in [3.63, 3.8) is 0 Å². The molecule has 0 unspecified atom stereocenters. The van der Waals surface area contributed by atoms with Gasteiger partial charge in [0.1, 0.15) is 17.6 Å². The second kappa shape index (κ2) is 12.9. The lowest BCUT2D eigenvalue weighted by Crippen LogP contribution is -2.45. The number of carbonyl (C=O) groups is 2. The van der Waals surface area contributed by atoms with Crippen LogP contribution in [0.5, 0.6) is 11.5 Å². The zero-order valence-corrected chi connectivity index (χ0v) is 20.6. The standard InChI is InChI=1S/C25H25N5O5S/c1-3-33-24(32)22-16(2)28-25(36)29-23(22)19-9-4-5-10-20(19)35-15-21(31)30-27-14-17-7-6-8-18(13-17)34-12-11-26/h4-10,13-14,23H,3,12,15H2,1-2H3,(H,30,31)(H2,28,29,36)/t23-/m0/s1. The number of benzene rings is 2. The molecule has 2 aromatic carbocycles. The van der Waals surface area contributed by atoms with Crippen LogP contribution in [0, 0.1) is 11.3 Å². The molecule has 0 fully saturated rings. The van der Waals surface area contributed by atoms with Gasteiger partial charge in [-0.15, -0.1) is 0 Å². The second-order valence-corrected chi connectivity index (χ2v) is 7.84. The summed E-state index contributed by atoms with van der Waals surface area (Å²) in [6.07, 6.45) is 1.45. The van der Waals surface area contributed by atoms with Crippen LogP contribution in [-0.4, -0.2) is 43.0 Å². The zero-order chi connectivity index (χ0) is 25.9. The molecule has 36 heavy (non-hydrogen) atoms. The van der Waals surface area contributed by atoms with E-state index in [1.165, 1.54) is 6.21 Å². The van der Waals surface area contributed by atoms with Gasteiger partial charge in [0.15, 0.2) is 18.3 Å². The summed E-state index contributed by atoms with van der Waals surface area (Å²) in [6, 6.07) is 15.2. The lowest BCUT2D eigenvalue weighted by molar-refractivity contribution is -0.139. The molecule has 1 aliphatic rings. The van der Waals surface area contributed by atoms with Crippen LogP contribution in [-0.2, 0) is 14.3 Å². The van der Waals surface area contributed by atoms with Crippen molar-refractivity contribution < 1.29 is 23.8 Å². The average molecular weight is 508 g/mol. The molecule has 1 heterocycles. The molecule has 1 amide bonds. The fourth-order valence-electron chi connectivity index (χ4n) is 3.41. The molecular weight excluding hydrogens is 482 g/mol. The van der Waals surface area contributed by atoms with E-state index in [0.717, 1.165) is 0 Å². The van der Waals surface area contributed by atoms with E-state index in [0.29, 0.717) is 39.0 Å². The van der Waals surface area contributed by atoms with Crippen molar-refractivity contribution in [2.45, 2.75) is 19.9 Å². The number of hydrogen-bond acceptors (Lipinski definition) is 8. The summed E-state index contributed by atoms with van der Waals surface area (Å²) in [7, 11) is 0. The summed E-state index contributed by atoms with van der Waals surface area (Å²) in [4.78, 5) is 25.0. The number of amides is 1. The Kier molecular flexibility index (Phi) is 9.36. The highest BCUT2D eigenvalue weighted by Crippen LogP contribution is 2.33. The molecule has 186 valence electrons. The van der Waals surface area contributed by atoms with Crippen LogP contribution >= 0.6 is 12.2 Å². The minimum absolute atomic E-state index is 0.0640. The summed E-state index contributed by atoms with van der Waals surface area (Å²) in [5, 5.41) is 18.9. The van der Waals surface area contributed by atoms with E-state index < -0.39 is 17.9 Å². The summed E-state index contributed by atoms with van der Waals surface area (Å²) in [5.41, 5.74) is 4.65. The molecular formula is C25H25N5O5S. The third kappa shape index (κ3) is 7.04. The normalized spacial score (nSPS) is 14.9. The van der Waals surface area contributed by atoms with E-state index in [1.54, 1.807) is 62.4 Å². The third-order valence-corrected chi connectivity index (χ3v) is 5.14. The van der Waals surface area contributed by atoms with Crippen molar-refractivity contribution >= 4 is 35.4 Å². The van der Waals surface area contributed by atoms with Gasteiger partial charge in [0.25, 0.3) is 5.91 Å². The van der Waals surface area contributed by atoms with E-state index in [-0.39, 0.29) is 19.8 Å². The summed E-state index contributed by atoms with van der Waals surface area (Å²) in [5.74, 6) is -0.0458. The van der Waals surface area contributed by atoms with E-state index in [9.17, 15) is 9.59 Å². The van der Waals surface area contributed by atoms with Gasteiger partial charge in [-0.25, -0.2) is 10.2 Å². The predicted molar refractivity (Wildman–Crippen MR) is 136 cm³/mol. The first-order valence-corrected chi connectivity index (χ1v) is 11.4. The fraction of sp³-hybridized carbons (Fsp3) is 0.240. The Labute approximate surface area is 213 Å². The Hall–Kier alpha value is -4.43. The summed E-state index contributed by atoms with van der Waals surface area (Å²) >= 11 is 5.28. The van der Waals surface area contributed by atoms with Gasteiger partial charge in [0.2, 0.25) is 0 Å². The number of nitrogens with one attached hydrogen (secondary N) is 3. The number of ether oxygens (including phenoxy) is 3. The first-order valence-electron chi connectivity index (χ1n) is 11.0. The second-order valence-electron chi connectivity index (χ2n) is 7.43. The van der Waals surface area contributed by atoms with Crippen LogP contribution in [0.3, 0.4) is 0 Å². The number of para-hydroxylation sites is 1. The van der Waals surface area contributed by atoms with Crippen molar-refractivity contribution in [2.24, 2.45) is 5.10 Å². The predicted octanol–water partition coefficient (Wildman–Crippen LogP) is 2.47. The van der Waals surface area contributed by atoms with Gasteiger partial charge in [-0.3, -0.25) is 4.79 Å². The monoisotopic (exact) mass is 507 g/mol.